The molecule has 1 aromatic heterocycles. The summed E-state index contributed by atoms with van der Waals surface area (Å²) in [4.78, 5) is 42.5. The van der Waals surface area contributed by atoms with E-state index in [4.69, 9.17) is 0 Å². The summed E-state index contributed by atoms with van der Waals surface area (Å²) in [7, 11) is 0. The van der Waals surface area contributed by atoms with Gasteiger partial charge in [-0.2, -0.15) is 0 Å². The van der Waals surface area contributed by atoms with E-state index in [0.29, 0.717) is 22.6 Å². The van der Waals surface area contributed by atoms with Gasteiger partial charge < -0.3 is 15.5 Å². The lowest BCUT2D eigenvalue weighted by atomic mass is 10.1. The van der Waals surface area contributed by atoms with Crippen LogP contribution in [0.1, 0.15) is 13.3 Å². The quantitative estimate of drug-likeness (QED) is 0.718. The van der Waals surface area contributed by atoms with Gasteiger partial charge in [-0.25, -0.2) is 0 Å². The lowest BCUT2D eigenvalue weighted by Crippen LogP contribution is -2.28. The highest BCUT2D eigenvalue weighted by atomic mass is 16.2. The first kappa shape index (κ1) is 18.6. The van der Waals surface area contributed by atoms with E-state index in [2.05, 4.69) is 15.6 Å². The van der Waals surface area contributed by atoms with Crippen molar-refractivity contribution in [1.82, 2.24) is 4.98 Å². The van der Waals surface area contributed by atoms with E-state index in [1.807, 2.05) is 24.3 Å². The first-order valence-corrected chi connectivity index (χ1v) is 9.34. The van der Waals surface area contributed by atoms with Gasteiger partial charge in [-0.3, -0.25) is 19.4 Å². The van der Waals surface area contributed by atoms with Crippen LogP contribution >= 0.6 is 0 Å². The Morgan fingerprint density at radius 1 is 1.07 bits per heavy atom. The average molecular weight is 388 g/mol. The molecule has 7 nitrogen and oxygen atoms in total. The van der Waals surface area contributed by atoms with Crippen LogP contribution in [-0.2, 0) is 14.4 Å². The smallest absolute Gasteiger partial charge is 0.229 e. The number of aromatic nitrogens is 1. The Bertz CT molecular complexity index is 1110. The number of nitrogens with zero attached hydrogens (tertiary/aromatic N) is 2. The van der Waals surface area contributed by atoms with Gasteiger partial charge >= 0.3 is 0 Å². The molecule has 2 heterocycles. The summed E-state index contributed by atoms with van der Waals surface area (Å²) in [5, 5.41) is 6.56. The van der Waals surface area contributed by atoms with E-state index >= 15 is 0 Å². The molecular formula is C22H20N4O3. The lowest BCUT2D eigenvalue weighted by molar-refractivity contribution is -0.122. The molecule has 3 aromatic rings. The van der Waals surface area contributed by atoms with Crippen LogP contribution < -0.4 is 15.5 Å². The van der Waals surface area contributed by atoms with Gasteiger partial charge in [0, 0.05) is 42.8 Å². The fourth-order valence-electron chi connectivity index (χ4n) is 3.53. The minimum absolute atomic E-state index is 0.124. The average Bonchev–Trinajstić information content (AvgIpc) is 3.10. The van der Waals surface area contributed by atoms with E-state index in [-0.39, 0.29) is 30.7 Å². The van der Waals surface area contributed by atoms with Gasteiger partial charge in [0.2, 0.25) is 17.7 Å². The highest BCUT2D eigenvalue weighted by molar-refractivity contribution is 6.06. The predicted molar refractivity (Wildman–Crippen MR) is 112 cm³/mol. The number of rotatable bonds is 4. The number of anilines is 3. The van der Waals surface area contributed by atoms with Crippen molar-refractivity contribution in [1.29, 1.82) is 0 Å². The zero-order chi connectivity index (χ0) is 20.4. The summed E-state index contributed by atoms with van der Waals surface area (Å²) in [6.07, 6.45) is 1.81. The maximum Gasteiger partial charge on any atom is 0.229 e. The van der Waals surface area contributed by atoms with Crippen molar-refractivity contribution in [3.63, 3.8) is 0 Å². The van der Waals surface area contributed by atoms with Crippen LogP contribution in [-0.4, -0.2) is 29.3 Å². The molecule has 0 saturated carbocycles. The zero-order valence-electron chi connectivity index (χ0n) is 15.9. The molecule has 1 aliphatic heterocycles. The molecule has 3 amide bonds. The van der Waals surface area contributed by atoms with Crippen LogP contribution in [0.15, 0.2) is 60.8 Å². The SMILES string of the molecule is CC(=O)Nc1cccc(N2CC(C(=O)Nc3cccc4cccnc34)CC2=O)c1. The molecule has 1 unspecified atom stereocenters. The van der Waals surface area contributed by atoms with Crippen molar-refractivity contribution in [2.75, 3.05) is 22.1 Å². The van der Waals surface area contributed by atoms with Gasteiger partial charge in [-0.1, -0.05) is 24.3 Å². The summed E-state index contributed by atoms with van der Waals surface area (Å²) in [6, 6.07) is 16.4. The standard InChI is InChI=1S/C22H20N4O3/c1-14(27)24-17-7-3-8-18(12-17)26-13-16(11-20(26)28)22(29)25-19-9-2-5-15-6-4-10-23-21(15)19/h2-10,12,16H,11,13H2,1H3,(H,24,27)(H,25,29). The van der Waals surface area contributed by atoms with Gasteiger partial charge in [0.25, 0.3) is 0 Å². The van der Waals surface area contributed by atoms with Crippen molar-refractivity contribution < 1.29 is 14.4 Å². The van der Waals surface area contributed by atoms with Gasteiger partial charge in [0.05, 0.1) is 17.1 Å². The van der Waals surface area contributed by atoms with Gasteiger partial charge in [0.15, 0.2) is 0 Å². The Hall–Kier alpha value is -3.74. The first-order chi connectivity index (χ1) is 14.0. The topological polar surface area (TPSA) is 91.4 Å². The second kappa shape index (κ2) is 7.71. The number of para-hydroxylation sites is 1. The molecule has 0 radical (unpaired) electrons. The largest absolute Gasteiger partial charge is 0.326 e. The van der Waals surface area contributed by atoms with Crippen LogP contribution in [0.4, 0.5) is 17.1 Å². The number of hydrogen-bond acceptors (Lipinski definition) is 4. The van der Waals surface area contributed by atoms with Crippen LogP contribution in [0.3, 0.4) is 0 Å². The normalized spacial score (nSPS) is 16.1. The van der Waals surface area contributed by atoms with E-state index in [0.717, 1.165) is 5.39 Å². The number of benzene rings is 2. The van der Waals surface area contributed by atoms with Crippen molar-refractivity contribution in [2.24, 2.45) is 5.92 Å². The second-order valence-corrected chi connectivity index (χ2v) is 7.01. The van der Waals surface area contributed by atoms with Crippen LogP contribution in [0.25, 0.3) is 10.9 Å². The van der Waals surface area contributed by atoms with Crippen LogP contribution in [0.2, 0.25) is 0 Å². The maximum absolute atomic E-state index is 12.8. The molecular weight excluding hydrogens is 368 g/mol. The number of carbonyl (C=O) groups excluding carboxylic acids is 3. The van der Waals surface area contributed by atoms with Crippen molar-refractivity contribution in [3.8, 4) is 0 Å². The second-order valence-electron chi connectivity index (χ2n) is 7.01. The maximum atomic E-state index is 12.8. The minimum Gasteiger partial charge on any atom is -0.326 e. The monoisotopic (exact) mass is 388 g/mol. The third kappa shape index (κ3) is 3.94. The molecule has 1 fully saturated rings. The summed E-state index contributed by atoms with van der Waals surface area (Å²) in [5.74, 6) is -0.986. The zero-order valence-corrected chi connectivity index (χ0v) is 15.9. The van der Waals surface area contributed by atoms with Gasteiger partial charge in [0.1, 0.15) is 0 Å². The Labute approximate surface area is 167 Å². The molecule has 0 bridgehead atoms. The summed E-state index contributed by atoms with van der Waals surface area (Å²) in [6.45, 7) is 1.71. The molecule has 2 aromatic carbocycles. The molecule has 29 heavy (non-hydrogen) atoms. The predicted octanol–water partition coefficient (Wildman–Crippen LogP) is 3.18. The molecule has 1 atom stereocenters. The van der Waals surface area contributed by atoms with Gasteiger partial charge in [-0.05, 0) is 30.3 Å². The minimum atomic E-state index is -0.467. The lowest BCUT2D eigenvalue weighted by Gasteiger charge is -2.18. The number of hydrogen-bond donors (Lipinski definition) is 2. The molecule has 7 heteroatoms. The summed E-state index contributed by atoms with van der Waals surface area (Å²) >= 11 is 0. The molecule has 146 valence electrons. The van der Waals surface area contributed by atoms with E-state index in [9.17, 15) is 14.4 Å². The molecule has 0 spiro atoms. The molecule has 1 saturated heterocycles. The number of carbonyl (C=O) groups is 3. The fraction of sp³-hybridized carbons (Fsp3) is 0.182. The first-order valence-electron chi connectivity index (χ1n) is 9.34. The fourth-order valence-corrected chi connectivity index (χ4v) is 3.53. The highest BCUT2D eigenvalue weighted by Gasteiger charge is 2.35. The summed E-state index contributed by atoms with van der Waals surface area (Å²) < 4.78 is 0. The van der Waals surface area contributed by atoms with Crippen molar-refractivity contribution in [2.45, 2.75) is 13.3 Å². The molecule has 0 aliphatic carbocycles. The Kier molecular flexibility index (Phi) is 4.95. The Morgan fingerprint density at radius 3 is 2.69 bits per heavy atom. The number of fused-ring (bicyclic) bond motifs is 1. The third-order valence-corrected chi connectivity index (χ3v) is 4.86. The highest BCUT2D eigenvalue weighted by Crippen LogP contribution is 2.29. The Morgan fingerprint density at radius 2 is 1.86 bits per heavy atom. The number of pyridine rings is 1. The van der Waals surface area contributed by atoms with Crippen molar-refractivity contribution in [3.05, 3.63) is 60.8 Å². The van der Waals surface area contributed by atoms with E-state index in [1.54, 1.807) is 41.4 Å². The van der Waals surface area contributed by atoms with E-state index in [1.165, 1.54) is 6.92 Å². The number of nitrogens with one attached hydrogen (secondary N) is 2. The molecule has 1 aliphatic rings. The van der Waals surface area contributed by atoms with Gasteiger partial charge in [-0.15, -0.1) is 0 Å². The molecule has 4 rings (SSSR count). The van der Waals surface area contributed by atoms with E-state index < -0.39 is 5.92 Å². The van der Waals surface area contributed by atoms with Crippen LogP contribution in [0, 0.1) is 5.92 Å². The molecule has 2 N–H and O–H groups in total. The van der Waals surface area contributed by atoms with Crippen molar-refractivity contribution >= 4 is 45.7 Å². The Balaban J connectivity index is 1.50. The third-order valence-electron chi connectivity index (χ3n) is 4.86. The van der Waals surface area contributed by atoms with Crippen LogP contribution in [0.5, 0.6) is 0 Å². The number of amides is 3. The summed E-state index contributed by atoms with van der Waals surface area (Å²) in [5.41, 5.74) is 2.61.